The molecule has 0 aliphatic carbocycles. The third-order valence-electron chi connectivity index (χ3n) is 3.94. The van der Waals surface area contributed by atoms with E-state index in [1.54, 1.807) is 12.1 Å². The molecule has 0 saturated carbocycles. The molecule has 0 aromatic heterocycles. The molecule has 0 radical (unpaired) electrons. The van der Waals surface area contributed by atoms with Crippen LogP contribution in [0.3, 0.4) is 0 Å². The summed E-state index contributed by atoms with van der Waals surface area (Å²) >= 11 is 6.28. The zero-order valence-electron chi connectivity index (χ0n) is 11.5. The molecule has 1 fully saturated rings. The van der Waals surface area contributed by atoms with Crippen LogP contribution in [0.1, 0.15) is 31.4 Å². The van der Waals surface area contributed by atoms with E-state index in [1.807, 2.05) is 0 Å². The van der Waals surface area contributed by atoms with Gasteiger partial charge in [0.1, 0.15) is 6.10 Å². The van der Waals surface area contributed by atoms with Crippen LogP contribution in [0.5, 0.6) is 11.5 Å². The summed E-state index contributed by atoms with van der Waals surface area (Å²) in [5.41, 5.74) is 0.648. The van der Waals surface area contributed by atoms with E-state index in [0.29, 0.717) is 47.8 Å². The van der Waals surface area contributed by atoms with Gasteiger partial charge >= 0.3 is 0 Å². The van der Waals surface area contributed by atoms with Gasteiger partial charge in [0.05, 0.1) is 24.3 Å². The smallest absolute Gasteiger partial charge is 0.162 e. The average molecular weight is 299 g/mol. The number of aliphatic hydroxyl groups excluding tert-OH is 1. The molecule has 20 heavy (non-hydrogen) atoms. The van der Waals surface area contributed by atoms with Gasteiger partial charge < -0.3 is 19.3 Å². The molecule has 0 bridgehead atoms. The number of aliphatic hydroxyl groups is 1. The van der Waals surface area contributed by atoms with Crippen LogP contribution >= 0.6 is 11.6 Å². The van der Waals surface area contributed by atoms with Gasteiger partial charge in [0.15, 0.2) is 11.5 Å². The van der Waals surface area contributed by atoms with Gasteiger partial charge in [-0.2, -0.15) is 0 Å². The highest BCUT2D eigenvalue weighted by Crippen LogP contribution is 2.40. The summed E-state index contributed by atoms with van der Waals surface area (Å²) in [5, 5.41) is 11.0. The van der Waals surface area contributed by atoms with Gasteiger partial charge in [0.2, 0.25) is 0 Å². The number of fused-ring (bicyclic) bond motifs is 1. The highest BCUT2D eigenvalue weighted by atomic mass is 35.5. The molecule has 1 aromatic carbocycles. The Hall–Kier alpha value is -0.970. The van der Waals surface area contributed by atoms with Crippen molar-refractivity contribution in [3.05, 3.63) is 22.7 Å². The number of rotatable bonds is 2. The Morgan fingerprint density at radius 1 is 1.20 bits per heavy atom. The van der Waals surface area contributed by atoms with Gasteiger partial charge in [-0.15, -0.1) is 0 Å². The maximum Gasteiger partial charge on any atom is 0.162 e. The summed E-state index contributed by atoms with van der Waals surface area (Å²) in [5.74, 6) is 1.60. The lowest BCUT2D eigenvalue weighted by molar-refractivity contribution is -0.0178. The third-order valence-corrected chi connectivity index (χ3v) is 4.27. The van der Waals surface area contributed by atoms with Gasteiger partial charge in [-0.3, -0.25) is 0 Å². The fraction of sp³-hybridized carbons (Fsp3) is 0.600. The van der Waals surface area contributed by atoms with Gasteiger partial charge in [-0.1, -0.05) is 18.5 Å². The molecule has 3 rings (SSSR count). The van der Waals surface area contributed by atoms with Crippen LogP contribution in [0, 0.1) is 5.92 Å². The molecule has 1 N–H and O–H groups in total. The minimum Gasteiger partial charge on any atom is -0.490 e. The van der Waals surface area contributed by atoms with E-state index in [4.69, 9.17) is 25.8 Å². The summed E-state index contributed by atoms with van der Waals surface area (Å²) < 4.78 is 16.9. The lowest BCUT2D eigenvalue weighted by Gasteiger charge is -2.23. The molecule has 0 spiro atoms. The Balaban J connectivity index is 1.91. The maximum atomic E-state index is 10.5. The fourth-order valence-corrected chi connectivity index (χ4v) is 2.99. The first-order chi connectivity index (χ1) is 9.66. The third kappa shape index (κ3) is 2.60. The average Bonchev–Trinajstić information content (AvgIpc) is 2.72. The molecule has 5 heteroatoms. The van der Waals surface area contributed by atoms with E-state index in [1.165, 1.54) is 0 Å². The zero-order valence-corrected chi connectivity index (χ0v) is 12.2. The summed E-state index contributed by atoms with van der Waals surface area (Å²) in [6, 6.07) is 3.50. The molecule has 1 saturated heterocycles. The molecule has 2 heterocycles. The first-order valence-corrected chi connectivity index (χ1v) is 7.43. The fourth-order valence-electron chi connectivity index (χ4n) is 2.72. The highest BCUT2D eigenvalue weighted by Gasteiger charge is 2.33. The second kappa shape index (κ2) is 5.80. The van der Waals surface area contributed by atoms with Crippen molar-refractivity contribution in [1.82, 2.24) is 0 Å². The maximum absolute atomic E-state index is 10.5. The molecular formula is C15H19ClO4. The van der Waals surface area contributed by atoms with E-state index >= 15 is 0 Å². The molecule has 2 aliphatic rings. The van der Waals surface area contributed by atoms with Crippen molar-refractivity contribution in [1.29, 1.82) is 0 Å². The summed E-state index contributed by atoms with van der Waals surface area (Å²) in [6.45, 7) is 4.00. The molecule has 2 aliphatic heterocycles. The van der Waals surface area contributed by atoms with E-state index in [2.05, 4.69) is 6.92 Å². The minimum atomic E-state index is -0.739. The molecule has 3 atom stereocenters. The largest absolute Gasteiger partial charge is 0.490 e. The van der Waals surface area contributed by atoms with Gasteiger partial charge in [0.25, 0.3) is 0 Å². The minimum absolute atomic E-state index is 0.211. The Morgan fingerprint density at radius 3 is 2.55 bits per heavy atom. The van der Waals surface area contributed by atoms with Gasteiger partial charge in [0, 0.05) is 24.7 Å². The van der Waals surface area contributed by atoms with E-state index in [-0.39, 0.29) is 6.10 Å². The summed E-state index contributed by atoms with van der Waals surface area (Å²) in [4.78, 5) is 0. The Morgan fingerprint density at radius 2 is 1.90 bits per heavy atom. The summed E-state index contributed by atoms with van der Waals surface area (Å²) in [7, 11) is 0. The number of hydrogen-bond acceptors (Lipinski definition) is 4. The second-order valence-electron chi connectivity index (χ2n) is 5.42. The van der Waals surface area contributed by atoms with Crippen LogP contribution in [0.15, 0.2) is 12.1 Å². The molecular weight excluding hydrogens is 280 g/mol. The number of hydrogen-bond donors (Lipinski definition) is 1. The molecule has 110 valence electrons. The zero-order chi connectivity index (χ0) is 14.1. The van der Waals surface area contributed by atoms with Crippen molar-refractivity contribution in [2.75, 3.05) is 19.8 Å². The monoisotopic (exact) mass is 298 g/mol. The lowest BCUT2D eigenvalue weighted by Crippen LogP contribution is -2.23. The quantitative estimate of drug-likeness (QED) is 0.912. The van der Waals surface area contributed by atoms with Crippen LogP contribution in [-0.2, 0) is 4.74 Å². The van der Waals surface area contributed by atoms with E-state index in [0.717, 1.165) is 12.8 Å². The number of ether oxygens (including phenoxy) is 3. The first-order valence-electron chi connectivity index (χ1n) is 7.05. The molecule has 4 nitrogen and oxygen atoms in total. The van der Waals surface area contributed by atoms with Gasteiger partial charge in [-0.05, 0) is 18.4 Å². The van der Waals surface area contributed by atoms with E-state index in [9.17, 15) is 5.11 Å². The summed E-state index contributed by atoms with van der Waals surface area (Å²) in [6.07, 6.45) is 0.853. The van der Waals surface area contributed by atoms with Crippen molar-refractivity contribution in [3.63, 3.8) is 0 Å². The van der Waals surface area contributed by atoms with Gasteiger partial charge in [-0.25, -0.2) is 0 Å². The Labute approximate surface area is 123 Å². The molecule has 1 aromatic rings. The van der Waals surface area contributed by atoms with Crippen LogP contribution in [-0.4, -0.2) is 31.0 Å². The predicted octanol–water partition coefficient (Wildman–Crippen LogP) is 2.96. The standard InChI is InChI=1S/C15H19ClO4/c1-9-3-6-20-15(9)14(17)10-7-12-13(8-11(10)16)19-5-2-4-18-12/h7-9,14-15,17H,2-6H2,1H3. The Bertz CT molecular complexity index is 491. The van der Waals surface area contributed by atoms with Crippen molar-refractivity contribution in [3.8, 4) is 11.5 Å². The van der Waals surface area contributed by atoms with Crippen LogP contribution in [0.4, 0.5) is 0 Å². The van der Waals surface area contributed by atoms with Crippen molar-refractivity contribution in [2.45, 2.75) is 32.0 Å². The van der Waals surface area contributed by atoms with Crippen LogP contribution < -0.4 is 9.47 Å². The first kappa shape index (κ1) is 14.0. The van der Waals surface area contributed by atoms with E-state index < -0.39 is 6.10 Å². The number of halogens is 1. The normalized spacial score (nSPS) is 27.1. The number of benzene rings is 1. The van der Waals surface area contributed by atoms with Crippen molar-refractivity contribution < 1.29 is 19.3 Å². The van der Waals surface area contributed by atoms with Crippen LogP contribution in [0.2, 0.25) is 5.02 Å². The molecule has 0 amide bonds. The van der Waals surface area contributed by atoms with Crippen LogP contribution in [0.25, 0.3) is 0 Å². The van der Waals surface area contributed by atoms with Crippen molar-refractivity contribution >= 4 is 11.6 Å². The lowest BCUT2D eigenvalue weighted by atomic mass is 9.94. The molecule has 3 unspecified atom stereocenters. The highest BCUT2D eigenvalue weighted by molar-refractivity contribution is 6.31. The second-order valence-corrected chi connectivity index (χ2v) is 5.82. The predicted molar refractivity (Wildman–Crippen MR) is 75.5 cm³/mol. The van der Waals surface area contributed by atoms with Crippen molar-refractivity contribution in [2.24, 2.45) is 5.92 Å². The Kier molecular flexibility index (Phi) is 4.06. The SMILES string of the molecule is CC1CCOC1C(O)c1cc2c(cc1Cl)OCCCO2. The topological polar surface area (TPSA) is 47.9 Å².